The maximum Gasteiger partial charge on any atom is 0.416 e. The van der Waals surface area contributed by atoms with Crippen LogP contribution in [-0.4, -0.2) is 50.0 Å². The van der Waals surface area contributed by atoms with Crippen molar-refractivity contribution >= 4 is 29.0 Å². The number of thiocarbonyl (C=S) groups is 1. The van der Waals surface area contributed by atoms with Crippen molar-refractivity contribution in [3.8, 4) is 17.2 Å². The van der Waals surface area contributed by atoms with Crippen LogP contribution in [0.3, 0.4) is 0 Å². The number of halogens is 3. The Morgan fingerprint density at radius 1 is 1.02 bits per heavy atom. The fourth-order valence-corrected chi connectivity index (χ4v) is 4.80. The predicted molar refractivity (Wildman–Crippen MR) is 148 cm³/mol. The summed E-state index contributed by atoms with van der Waals surface area (Å²) in [4.78, 5) is 13.9. The minimum absolute atomic E-state index is 0.191. The molecule has 0 saturated carbocycles. The van der Waals surface area contributed by atoms with E-state index in [0.717, 1.165) is 23.3 Å². The Morgan fingerprint density at radius 3 is 2.27 bits per heavy atom. The van der Waals surface area contributed by atoms with E-state index in [1.54, 1.807) is 45.4 Å². The summed E-state index contributed by atoms with van der Waals surface area (Å²) in [6, 6.07) is 14.8. The fourth-order valence-electron chi connectivity index (χ4n) is 4.47. The topological polar surface area (TPSA) is 69.3 Å². The van der Waals surface area contributed by atoms with Gasteiger partial charge in [0.05, 0.1) is 38.0 Å². The first-order valence-electron chi connectivity index (χ1n) is 12.5. The van der Waals surface area contributed by atoms with Crippen molar-refractivity contribution in [3.05, 3.63) is 82.9 Å². The highest BCUT2D eigenvalue weighted by molar-refractivity contribution is 7.80. The third-order valence-corrected chi connectivity index (χ3v) is 6.84. The number of benzene rings is 3. The van der Waals surface area contributed by atoms with Crippen LogP contribution < -0.4 is 19.5 Å². The molecule has 0 radical (unpaired) electrons. The molecular formula is C29H29F3N2O5S. The number of ether oxygens (including phenoxy) is 4. The smallest absolute Gasteiger partial charge is 0.416 e. The third kappa shape index (κ3) is 6.59. The van der Waals surface area contributed by atoms with E-state index < -0.39 is 17.7 Å². The van der Waals surface area contributed by atoms with Crippen molar-refractivity contribution in [1.29, 1.82) is 0 Å². The van der Waals surface area contributed by atoms with Crippen molar-refractivity contribution in [3.63, 3.8) is 0 Å². The minimum Gasteiger partial charge on any atom is -0.493 e. The highest BCUT2D eigenvalue weighted by atomic mass is 32.1. The summed E-state index contributed by atoms with van der Waals surface area (Å²) in [5.74, 6) is 1.28. The van der Waals surface area contributed by atoms with Gasteiger partial charge in [-0.2, -0.15) is 13.2 Å². The lowest BCUT2D eigenvalue weighted by molar-refractivity contribution is -0.137. The summed E-state index contributed by atoms with van der Waals surface area (Å²) < 4.78 is 61.1. The largest absolute Gasteiger partial charge is 0.493 e. The van der Waals surface area contributed by atoms with E-state index >= 15 is 0 Å². The van der Waals surface area contributed by atoms with Crippen molar-refractivity contribution in [2.45, 2.75) is 25.6 Å². The second kappa shape index (κ2) is 12.5. The van der Waals surface area contributed by atoms with Crippen molar-refractivity contribution in [1.82, 2.24) is 4.90 Å². The van der Waals surface area contributed by atoms with Gasteiger partial charge in [0.15, 0.2) is 16.6 Å². The summed E-state index contributed by atoms with van der Waals surface area (Å²) in [6.07, 6.45) is -3.78. The van der Waals surface area contributed by atoms with Crippen LogP contribution in [0.25, 0.3) is 0 Å². The first-order valence-corrected chi connectivity index (χ1v) is 12.9. The van der Waals surface area contributed by atoms with E-state index in [0.29, 0.717) is 46.6 Å². The van der Waals surface area contributed by atoms with Crippen molar-refractivity contribution in [2.24, 2.45) is 0 Å². The summed E-state index contributed by atoms with van der Waals surface area (Å²) >= 11 is 5.71. The average Bonchev–Trinajstić information content (AvgIpc) is 2.95. The Bertz CT molecular complexity index is 1350. The molecule has 1 heterocycles. The molecule has 1 aliphatic heterocycles. The van der Waals surface area contributed by atoms with Gasteiger partial charge in [-0.1, -0.05) is 0 Å². The third-order valence-electron chi connectivity index (χ3n) is 6.50. The number of anilines is 1. The Labute approximate surface area is 235 Å². The number of nitrogens with one attached hydrogen (secondary N) is 1. The molecule has 0 aliphatic carbocycles. The number of carbonyl (C=O) groups excluding carboxylic acids is 1. The number of hydrogen-bond donors (Lipinski definition) is 1. The molecule has 11 heteroatoms. The van der Waals surface area contributed by atoms with Crippen LogP contribution in [0.5, 0.6) is 17.2 Å². The Morgan fingerprint density at radius 2 is 1.68 bits per heavy atom. The van der Waals surface area contributed by atoms with Crippen LogP contribution in [0, 0.1) is 0 Å². The van der Waals surface area contributed by atoms with Gasteiger partial charge in [0.2, 0.25) is 0 Å². The van der Waals surface area contributed by atoms with Crippen LogP contribution in [0.15, 0.2) is 60.7 Å². The van der Waals surface area contributed by atoms with Crippen LogP contribution in [0.4, 0.5) is 18.9 Å². The number of hydrogen-bond acceptors (Lipinski definition) is 6. The molecule has 1 atom stereocenters. The van der Waals surface area contributed by atoms with E-state index in [1.807, 2.05) is 17.0 Å². The molecule has 3 aromatic carbocycles. The molecule has 1 N–H and O–H groups in total. The molecule has 40 heavy (non-hydrogen) atoms. The quantitative estimate of drug-likeness (QED) is 0.249. The first kappa shape index (κ1) is 29.0. The molecule has 7 nitrogen and oxygen atoms in total. The van der Waals surface area contributed by atoms with Gasteiger partial charge in [0.25, 0.3) is 0 Å². The van der Waals surface area contributed by atoms with Gasteiger partial charge in [-0.25, -0.2) is 4.79 Å². The van der Waals surface area contributed by atoms with Crippen LogP contribution in [0.2, 0.25) is 0 Å². The lowest BCUT2D eigenvalue weighted by Gasteiger charge is -2.39. The minimum atomic E-state index is -4.42. The Balaban J connectivity index is 1.58. The summed E-state index contributed by atoms with van der Waals surface area (Å²) in [6.45, 7) is 2.74. The molecule has 0 saturated heterocycles. The second-order valence-electron chi connectivity index (χ2n) is 8.93. The molecule has 212 valence electrons. The molecule has 0 unspecified atom stereocenters. The molecule has 4 rings (SSSR count). The highest BCUT2D eigenvalue weighted by Gasteiger charge is 2.32. The van der Waals surface area contributed by atoms with Gasteiger partial charge in [-0.05, 0) is 97.4 Å². The van der Waals surface area contributed by atoms with Crippen LogP contribution in [0.1, 0.15) is 40.0 Å². The standard InChI is InChI=1S/C29H29F3N2O5S/c1-4-38-27(35)18-5-11-22(12-6-18)39-17-24-23-16-26(37-3)25(36-2)15-19(23)13-14-34(24)28(40)33-21-9-7-20(8-10-21)29(30,31)32/h5-12,15-16,24H,4,13-14,17H2,1-3H3,(H,33,40)/t24-/m0/s1. The normalized spacial score (nSPS) is 14.7. The van der Waals surface area contributed by atoms with Gasteiger partial charge < -0.3 is 29.2 Å². The molecule has 0 aromatic heterocycles. The summed E-state index contributed by atoms with van der Waals surface area (Å²) in [5.41, 5.74) is 2.07. The molecule has 0 spiro atoms. The van der Waals surface area contributed by atoms with E-state index in [9.17, 15) is 18.0 Å². The number of nitrogens with zero attached hydrogens (tertiary/aromatic N) is 1. The van der Waals surface area contributed by atoms with E-state index in [2.05, 4.69) is 5.32 Å². The van der Waals surface area contributed by atoms with Crippen LogP contribution >= 0.6 is 12.2 Å². The zero-order valence-electron chi connectivity index (χ0n) is 22.2. The fraction of sp³-hybridized carbons (Fsp3) is 0.310. The number of alkyl halides is 3. The average molecular weight is 575 g/mol. The van der Waals surface area contributed by atoms with Gasteiger partial charge in [0, 0.05) is 12.2 Å². The Hall–Kier alpha value is -3.99. The predicted octanol–water partition coefficient (Wildman–Crippen LogP) is 6.27. The zero-order chi connectivity index (χ0) is 28.9. The molecule has 1 aliphatic rings. The van der Waals surface area contributed by atoms with E-state index in [1.165, 1.54) is 12.1 Å². The van der Waals surface area contributed by atoms with Crippen molar-refractivity contribution in [2.75, 3.05) is 39.3 Å². The highest BCUT2D eigenvalue weighted by Crippen LogP contribution is 2.39. The second-order valence-corrected chi connectivity index (χ2v) is 9.31. The van der Waals surface area contributed by atoms with E-state index in [-0.39, 0.29) is 19.3 Å². The van der Waals surface area contributed by atoms with Crippen molar-refractivity contribution < 1.29 is 36.9 Å². The number of fused-ring (bicyclic) bond motifs is 1. The zero-order valence-corrected chi connectivity index (χ0v) is 23.0. The first-order chi connectivity index (χ1) is 19.1. The summed E-state index contributed by atoms with van der Waals surface area (Å²) in [5, 5.41) is 3.40. The maximum atomic E-state index is 13.0. The molecule has 0 amide bonds. The lowest BCUT2D eigenvalue weighted by Crippen LogP contribution is -2.44. The lowest BCUT2D eigenvalue weighted by atomic mass is 9.92. The van der Waals surface area contributed by atoms with Crippen LogP contribution in [-0.2, 0) is 17.3 Å². The monoisotopic (exact) mass is 574 g/mol. The number of rotatable bonds is 8. The summed E-state index contributed by atoms with van der Waals surface area (Å²) in [7, 11) is 3.13. The Kier molecular flexibility index (Phi) is 9.03. The van der Waals surface area contributed by atoms with Gasteiger partial charge in [0.1, 0.15) is 12.4 Å². The molecule has 3 aromatic rings. The van der Waals surface area contributed by atoms with Gasteiger partial charge in [-0.3, -0.25) is 0 Å². The SMILES string of the molecule is CCOC(=O)c1ccc(OC[C@H]2c3cc(OC)c(OC)cc3CCN2C(=S)Nc2ccc(C(F)(F)F)cc2)cc1. The number of methoxy groups -OCH3 is 2. The number of carbonyl (C=O) groups is 1. The van der Waals surface area contributed by atoms with E-state index in [4.69, 9.17) is 31.2 Å². The molecule has 0 bridgehead atoms. The number of esters is 1. The molecular weight excluding hydrogens is 545 g/mol. The van der Waals surface area contributed by atoms with Gasteiger partial charge >= 0.3 is 12.1 Å². The van der Waals surface area contributed by atoms with Gasteiger partial charge in [-0.15, -0.1) is 0 Å². The molecule has 0 fully saturated rings. The maximum absolute atomic E-state index is 13.0.